The molecule has 1 unspecified atom stereocenters. The van der Waals surface area contributed by atoms with Crippen molar-refractivity contribution in [3.63, 3.8) is 0 Å². The van der Waals surface area contributed by atoms with E-state index >= 15 is 0 Å². The normalized spacial score (nSPS) is 22.5. The number of rotatable bonds is 2. The highest BCUT2D eigenvalue weighted by atomic mass is 16.3. The van der Waals surface area contributed by atoms with Gasteiger partial charge in [-0.3, -0.25) is 0 Å². The minimum absolute atomic E-state index is 0.0774. The second-order valence-electron chi connectivity index (χ2n) is 4.76. The maximum atomic E-state index is 9.98. The third-order valence-corrected chi connectivity index (χ3v) is 3.80. The minimum Gasteiger partial charge on any atom is -0.394 e. The molecule has 0 bridgehead atoms. The van der Waals surface area contributed by atoms with Crippen molar-refractivity contribution in [2.75, 3.05) is 13.2 Å². The molecule has 1 aliphatic heterocycles. The Morgan fingerprint density at radius 3 is 2.50 bits per heavy atom. The van der Waals surface area contributed by atoms with E-state index < -0.39 is 5.54 Å². The molecule has 2 aromatic carbocycles. The summed E-state index contributed by atoms with van der Waals surface area (Å²) in [6.07, 6.45) is 1.02. The van der Waals surface area contributed by atoms with Crippen LogP contribution in [-0.2, 0) is 12.0 Å². The van der Waals surface area contributed by atoms with Gasteiger partial charge in [-0.25, -0.2) is 0 Å². The lowest BCUT2D eigenvalue weighted by Crippen LogP contribution is -2.50. The zero-order valence-corrected chi connectivity index (χ0v) is 10.3. The minimum atomic E-state index is -0.448. The van der Waals surface area contributed by atoms with E-state index in [9.17, 15) is 5.11 Å². The van der Waals surface area contributed by atoms with Gasteiger partial charge in [-0.2, -0.15) is 0 Å². The van der Waals surface area contributed by atoms with Crippen molar-refractivity contribution >= 4 is 0 Å². The average Bonchev–Trinajstić information content (AvgIpc) is 2.47. The second kappa shape index (κ2) is 4.56. The zero-order chi connectivity index (χ0) is 12.4. The van der Waals surface area contributed by atoms with E-state index in [1.54, 1.807) is 0 Å². The van der Waals surface area contributed by atoms with Gasteiger partial charge in [0.2, 0.25) is 0 Å². The number of nitrogens with one attached hydrogen (secondary N) is 1. The van der Waals surface area contributed by atoms with Crippen LogP contribution in [0.3, 0.4) is 0 Å². The summed E-state index contributed by atoms with van der Waals surface area (Å²) in [6, 6.07) is 18.6. The lowest BCUT2D eigenvalue weighted by atomic mass is 9.78. The van der Waals surface area contributed by atoms with Crippen LogP contribution in [0.2, 0.25) is 0 Å². The number of hydrogen-bond acceptors (Lipinski definition) is 2. The zero-order valence-electron chi connectivity index (χ0n) is 10.3. The molecular weight excluding hydrogens is 222 g/mol. The first-order valence-corrected chi connectivity index (χ1v) is 6.36. The van der Waals surface area contributed by atoms with Crippen molar-refractivity contribution in [3.05, 3.63) is 71.3 Å². The largest absolute Gasteiger partial charge is 0.394 e. The molecule has 1 atom stereocenters. The van der Waals surface area contributed by atoms with Crippen LogP contribution in [0.1, 0.15) is 16.7 Å². The van der Waals surface area contributed by atoms with Crippen LogP contribution in [0.4, 0.5) is 0 Å². The van der Waals surface area contributed by atoms with Gasteiger partial charge >= 0.3 is 0 Å². The number of benzene rings is 2. The van der Waals surface area contributed by atoms with E-state index in [1.165, 1.54) is 11.1 Å². The topological polar surface area (TPSA) is 32.3 Å². The summed E-state index contributed by atoms with van der Waals surface area (Å²) in [5.74, 6) is 0. The first-order valence-electron chi connectivity index (χ1n) is 6.36. The molecule has 1 heterocycles. The number of hydrogen-bond donors (Lipinski definition) is 2. The monoisotopic (exact) mass is 239 g/mol. The highest BCUT2D eigenvalue weighted by molar-refractivity contribution is 5.45. The smallest absolute Gasteiger partial charge is 0.0928 e. The molecule has 0 aliphatic carbocycles. The lowest BCUT2D eigenvalue weighted by molar-refractivity contribution is 0.185. The van der Waals surface area contributed by atoms with Crippen LogP contribution in [0.5, 0.6) is 0 Å². The fourth-order valence-electron chi connectivity index (χ4n) is 2.87. The Balaban J connectivity index is 2.19. The summed E-state index contributed by atoms with van der Waals surface area (Å²) >= 11 is 0. The van der Waals surface area contributed by atoms with E-state index in [4.69, 9.17) is 0 Å². The van der Waals surface area contributed by atoms with Gasteiger partial charge in [0.05, 0.1) is 12.1 Å². The van der Waals surface area contributed by atoms with Crippen molar-refractivity contribution in [3.8, 4) is 0 Å². The van der Waals surface area contributed by atoms with Crippen molar-refractivity contribution in [1.82, 2.24) is 5.32 Å². The van der Waals surface area contributed by atoms with Crippen LogP contribution in [0, 0.1) is 0 Å². The fraction of sp³-hybridized carbons (Fsp3) is 0.250. The average molecular weight is 239 g/mol. The maximum absolute atomic E-state index is 9.98. The summed E-state index contributed by atoms with van der Waals surface area (Å²) in [5.41, 5.74) is 3.20. The van der Waals surface area contributed by atoms with Crippen LogP contribution in [0.25, 0.3) is 0 Å². The van der Waals surface area contributed by atoms with Crippen LogP contribution >= 0.6 is 0 Å². The Morgan fingerprint density at radius 2 is 1.72 bits per heavy atom. The Labute approximate surface area is 107 Å². The Kier molecular flexibility index (Phi) is 2.90. The molecule has 0 spiro atoms. The molecule has 0 saturated carbocycles. The van der Waals surface area contributed by atoms with Crippen LogP contribution in [0.15, 0.2) is 54.6 Å². The molecule has 0 aromatic heterocycles. The van der Waals surface area contributed by atoms with Gasteiger partial charge in [-0.05, 0) is 23.1 Å². The van der Waals surface area contributed by atoms with Gasteiger partial charge in [-0.1, -0.05) is 54.6 Å². The Morgan fingerprint density at radius 1 is 1.00 bits per heavy atom. The van der Waals surface area contributed by atoms with Gasteiger partial charge in [0.1, 0.15) is 0 Å². The standard InChI is InChI=1S/C16H17NO/c18-12-16(14-7-2-1-3-8-14)15-9-5-4-6-13(15)10-11-17-16/h1-9,17-18H,10-12H2. The summed E-state index contributed by atoms with van der Waals surface area (Å²) < 4.78 is 0. The van der Waals surface area contributed by atoms with Crippen molar-refractivity contribution < 1.29 is 5.11 Å². The molecule has 3 rings (SSSR count). The maximum Gasteiger partial charge on any atom is 0.0928 e. The molecule has 2 aromatic rings. The molecule has 0 saturated heterocycles. The van der Waals surface area contributed by atoms with Gasteiger partial charge < -0.3 is 10.4 Å². The van der Waals surface area contributed by atoms with E-state index in [1.807, 2.05) is 24.3 Å². The Hall–Kier alpha value is -1.64. The highest BCUT2D eigenvalue weighted by Gasteiger charge is 2.37. The summed E-state index contributed by atoms with van der Waals surface area (Å²) in [5, 5.41) is 13.5. The van der Waals surface area contributed by atoms with Gasteiger partial charge in [0.25, 0.3) is 0 Å². The van der Waals surface area contributed by atoms with Crippen LogP contribution < -0.4 is 5.32 Å². The number of fused-ring (bicyclic) bond motifs is 1. The molecule has 2 N–H and O–H groups in total. The summed E-state index contributed by atoms with van der Waals surface area (Å²) in [7, 11) is 0. The van der Waals surface area contributed by atoms with E-state index in [0.717, 1.165) is 18.5 Å². The predicted molar refractivity (Wildman–Crippen MR) is 72.5 cm³/mol. The SMILES string of the molecule is OCC1(c2ccccc2)NCCc2ccccc21. The van der Waals surface area contributed by atoms with Gasteiger partial charge in [0.15, 0.2) is 0 Å². The summed E-state index contributed by atoms with van der Waals surface area (Å²) in [6.45, 7) is 0.973. The molecule has 2 nitrogen and oxygen atoms in total. The molecule has 18 heavy (non-hydrogen) atoms. The van der Waals surface area contributed by atoms with Crippen molar-refractivity contribution in [2.45, 2.75) is 12.0 Å². The molecule has 0 amide bonds. The molecule has 2 heteroatoms. The van der Waals surface area contributed by atoms with E-state index in [0.29, 0.717) is 0 Å². The van der Waals surface area contributed by atoms with Crippen LogP contribution in [-0.4, -0.2) is 18.3 Å². The van der Waals surface area contributed by atoms with E-state index in [2.05, 4.69) is 35.6 Å². The predicted octanol–water partition coefficient (Wildman–Crippen LogP) is 2.07. The highest BCUT2D eigenvalue weighted by Crippen LogP contribution is 2.34. The first kappa shape index (κ1) is 11.5. The molecule has 1 aliphatic rings. The number of aliphatic hydroxyl groups is 1. The third-order valence-electron chi connectivity index (χ3n) is 3.80. The Bertz CT molecular complexity index is 538. The second-order valence-corrected chi connectivity index (χ2v) is 4.76. The van der Waals surface area contributed by atoms with Gasteiger partial charge in [0, 0.05) is 6.54 Å². The van der Waals surface area contributed by atoms with Crippen molar-refractivity contribution in [1.29, 1.82) is 0 Å². The molecular formula is C16H17NO. The quantitative estimate of drug-likeness (QED) is 0.841. The first-order chi connectivity index (χ1) is 8.87. The fourth-order valence-corrected chi connectivity index (χ4v) is 2.87. The third kappa shape index (κ3) is 1.65. The van der Waals surface area contributed by atoms with Crippen molar-refractivity contribution in [2.24, 2.45) is 0 Å². The lowest BCUT2D eigenvalue weighted by Gasteiger charge is -2.39. The van der Waals surface area contributed by atoms with Gasteiger partial charge in [-0.15, -0.1) is 0 Å². The molecule has 0 fully saturated rings. The molecule has 0 radical (unpaired) electrons. The number of aliphatic hydroxyl groups excluding tert-OH is 1. The molecule has 92 valence electrons. The summed E-state index contributed by atoms with van der Waals surface area (Å²) in [4.78, 5) is 0. The van der Waals surface area contributed by atoms with E-state index in [-0.39, 0.29) is 6.61 Å².